The maximum Gasteiger partial charge on any atom is 3.00 e. The van der Waals surface area contributed by atoms with Gasteiger partial charge in [0.05, 0.1) is 26.2 Å². The molecule has 0 aliphatic carbocycles. The summed E-state index contributed by atoms with van der Waals surface area (Å²) in [6.07, 6.45) is 0.478. The molecule has 0 spiro atoms. The molecule has 42 heavy (non-hydrogen) atoms. The van der Waals surface area contributed by atoms with Gasteiger partial charge in [-0.25, -0.2) is 0 Å². The van der Waals surface area contributed by atoms with Crippen LogP contribution < -0.4 is 20.9 Å². The molecule has 2 rings (SSSR count). The molecule has 0 amide bonds. The molecular weight excluding hydrogens is 704 g/mol. The van der Waals surface area contributed by atoms with E-state index in [1.165, 1.54) is 0 Å². The predicted molar refractivity (Wildman–Crippen MR) is 145 cm³/mol. The largest absolute Gasteiger partial charge is 3.00 e. The van der Waals surface area contributed by atoms with Crippen molar-refractivity contribution in [1.29, 1.82) is 0 Å². The van der Waals surface area contributed by atoms with E-state index in [-0.39, 0.29) is 143 Å². The maximum atomic E-state index is 12.3. The SMILES string of the molecule is CCOc1c(NCCCC(C(=O)O)N2CCN(CC(=O)O)CCN(CC(=O)O)CCN(CC(=O)O)CC2)c(=O)c1=O.[Gd+3]. The smallest absolute Gasteiger partial charge is 0.488 e. The number of hydrogen-bond acceptors (Lipinski definition) is 12. The zero-order valence-electron chi connectivity index (χ0n) is 23.5. The van der Waals surface area contributed by atoms with Crippen molar-refractivity contribution in [1.82, 2.24) is 19.6 Å². The summed E-state index contributed by atoms with van der Waals surface area (Å²) in [5, 5.41) is 40.9. The van der Waals surface area contributed by atoms with E-state index in [9.17, 15) is 49.2 Å². The van der Waals surface area contributed by atoms with Gasteiger partial charge in [-0.1, -0.05) is 0 Å². The Morgan fingerprint density at radius 3 is 1.57 bits per heavy atom. The van der Waals surface area contributed by atoms with Crippen LogP contribution in [0.15, 0.2) is 9.59 Å². The minimum absolute atomic E-state index is 0. The van der Waals surface area contributed by atoms with Gasteiger partial charge in [0.15, 0.2) is 5.75 Å². The van der Waals surface area contributed by atoms with E-state index in [2.05, 4.69) is 5.32 Å². The molecule has 1 aliphatic rings. The molecule has 17 heteroatoms. The number of nitrogens with one attached hydrogen (secondary N) is 1. The molecule has 0 aromatic heterocycles. The topological polar surface area (TPSA) is 218 Å². The molecule has 1 saturated heterocycles. The van der Waals surface area contributed by atoms with Crippen LogP contribution in [0.3, 0.4) is 0 Å². The third-order valence-corrected chi connectivity index (χ3v) is 6.79. The van der Waals surface area contributed by atoms with Crippen LogP contribution in [0.2, 0.25) is 0 Å². The Kier molecular flexibility index (Phi) is 17.2. The molecule has 1 atom stereocenters. The summed E-state index contributed by atoms with van der Waals surface area (Å²) < 4.78 is 5.17. The van der Waals surface area contributed by atoms with E-state index < -0.39 is 40.8 Å². The summed E-state index contributed by atoms with van der Waals surface area (Å²) in [5.41, 5.74) is -1.33. The zero-order chi connectivity index (χ0) is 30.5. The van der Waals surface area contributed by atoms with E-state index in [4.69, 9.17) is 4.74 Å². The van der Waals surface area contributed by atoms with Crippen molar-refractivity contribution in [3.05, 3.63) is 20.4 Å². The molecular formula is C25H39GdN5O11+3. The summed E-state index contributed by atoms with van der Waals surface area (Å²) >= 11 is 0. The van der Waals surface area contributed by atoms with Crippen LogP contribution in [-0.2, 0) is 19.2 Å². The quantitative estimate of drug-likeness (QED) is 0.0952. The van der Waals surface area contributed by atoms with Gasteiger partial charge in [-0.15, -0.1) is 0 Å². The van der Waals surface area contributed by atoms with E-state index in [0.29, 0.717) is 6.42 Å². The third kappa shape index (κ3) is 12.5. The first-order valence-corrected chi connectivity index (χ1v) is 13.4. The zero-order valence-corrected chi connectivity index (χ0v) is 25.7. The molecule has 1 fully saturated rings. The number of ether oxygens (including phenoxy) is 1. The first-order valence-electron chi connectivity index (χ1n) is 13.4. The number of carboxylic acid groups (broad SMARTS) is 4. The van der Waals surface area contributed by atoms with E-state index in [1.54, 1.807) is 26.5 Å². The molecule has 1 aliphatic heterocycles. The average molecular weight is 743 g/mol. The van der Waals surface area contributed by atoms with Gasteiger partial charge in [-0.05, 0) is 19.8 Å². The molecule has 1 heterocycles. The molecule has 1 unspecified atom stereocenters. The van der Waals surface area contributed by atoms with Gasteiger partial charge in [0.25, 0.3) is 10.9 Å². The first kappa shape index (κ1) is 37.7. The standard InChI is InChI=1S/C25H39N5O11.Gd/c1-2-41-24-21(22(37)23(24)38)26-5-3-4-17(25(39)40)30-12-10-28(15-19(33)34)8-6-27(14-18(31)32)7-9-29(11-13-30)16-20(35)36;/h17,26H,2-16H2,1H3,(H,31,32)(H,33,34)(H,35,36)(H,39,40);/q;+3. The Balaban J connectivity index is 0.00000882. The molecule has 1 radical (unpaired) electrons. The van der Waals surface area contributed by atoms with E-state index >= 15 is 0 Å². The number of nitrogens with zero attached hydrogens (tertiary/aromatic N) is 4. The van der Waals surface area contributed by atoms with Gasteiger partial charge in [0, 0.05) is 58.9 Å². The molecule has 0 bridgehead atoms. The van der Waals surface area contributed by atoms with Gasteiger partial charge in [0.1, 0.15) is 11.7 Å². The Hall–Kier alpha value is -2.28. The monoisotopic (exact) mass is 743 g/mol. The van der Waals surface area contributed by atoms with Gasteiger partial charge in [0.2, 0.25) is 0 Å². The number of carbonyl (C=O) groups is 4. The molecule has 235 valence electrons. The van der Waals surface area contributed by atoms with Gasteiger partial charge < -0.3 is 30.5 Å². The number of rotatable bonds is 15. The van der Waals surface area contributed by atoms with Crippen LogP contribution in [0.4, 0.5) is 5.69 Å². The molecule has 1 aromatic carbocycles. The third-order valence-electron chi connectivity index (χ3n) is 6.79. The van der Waals surface area contributed by atoms with Crippen LogP contribution in [0.1, 0.15) is 19.8 Å². The van der Waals surface area contributed by atoms with Crippen LogP contribution in [0.25, 0.3) is 0 Å². The summed E-state index contributed by atoms with van der Waals surface area (Å²) in [6.45, 7) is 2.81. The number of aliphatic carboxylic acids is 4. The van der Waals surface area contributed by atoms with Crippen molar-refractivity contribution in [2.45, 2.75) is 25.8 Å². The minimum Gasteiger partial charge on any atom is -0.488 e. The van der Waals surface area contributed by atoms with Crippen molar-refractivity contribution in [2.75, 3.05) is 90.5 Å². The van der Waals surface area contributed by atoms with Crippen LogP contribution >= 0.6 is 0 Å². The Bertz CT molecular complexity index is 1090. The first-order chi connectivity index (χ1) is 19.4. The summed E-state index contributed by atoms with van der Waals surface area (Å²) in [4.78, 5) is 76.5. The fourth-order valence-corrected chi connectivity index (χ4v) is 4.70. The Labute approximate surface area is 274 Å². The Morgan fingerprint density at radius 1 is 0.762 bits per heavy atom. The second-order valence-electron chi connectivity index (χ2n) is 9.76. The second-order valence-corrected chi connectivity index (χ2v) is 9.76. The van der Waals surface area contributed by atoms with Crippen LogP contribution in [-0.4, -0.2) is 155 Å². The van der Waals surface area contributed by atoms with Crippen molar-refractivity contribution in [3.63, 3.8) is 0 Å². The van der Waals surface area contributed by atoms with Crippen molar-refractivity contribution < 1.29 is 84.3 Å². The minimum atomic E-state index is -1.11. The second kappa shape index (κ2) is 19.1. The summed E-state index contributed by atoms with van der Waals surface area (Å²) in [7, 11) is 0. The summed E-state index contributed by atoms with van der Waals surface area (Å²) in [6, 6.07) is -0.985. The Morgan fingerprint density at radius 2 is 1.19 bits per heavy atom. The van der Waals surface area contributed by atoms with Crippen LogP contribution in [0, 0.1) is 39.9 Å². The van der Waals surface area contributed by atoms with E-state index in [0.717, 1.165) is 0 Å². The van der Waals surface area contributed by atoms with Crippen molar-refractivity contribution >= 4 is 29.6 Å². The van der Waals surface area contributed by atoms with Gasteiger partial charge in [-0.2, -0.15) is 0 Å². The molecule has 0 saturated carbocycles. The molecule has 1 aromatic rings. The van der Waals surface area contributed by atoms with Gasteiger partial charge >= 0.3 is 63.8 Å². The molecule has 16 nitrogen and oxygen atoms in total. The van der Waals surface area contributed by atoms with Gasteiger partial charge in [-0.3, -0.25) is 48.4 Å². The fraction of sp³-hybridized carbons (Fsp3) is 0.680. The van der Waals surface area contributed by atoms with Crippen LogP contribution in [0.5, 0.6) is 5.75 Å². The number of hydrogen-bond donors (Lipinski definition) is 5. The summed E-state index contributed by atoms with van der Waals surface area (Å²) in [5.74, 6) is -4.36. The molecule has 5 N–H and O–H groups in total. The fourth-order valence-electron chi connectivity index (χ4n) is 4.70. The maximum absolute atomic E-state index is 12.3. The normalized spacial score (nSPS) is 17.4. The average Bonchev–Trinajstić information content (AvgIpc) is 2.89. The number of anilines is 1. The van der Waals surface area contributed by atoms with Crippen molar-refractivity contribution in [2.24, 2.45) is 0 Å². The van der Waals surface area contributed by atoms with Crippen molar-refractivity contribution in [3.8, 4) is 5.75 Å². The van der Waals surface area contributed by atoms with E-state index in [1.807, 2.05) is 0 Å². The predicted octanol–water partition coefficient (Wildman–Crippen LogP) is -2.20. The number of carboxylic acids is 4.